The van der Waals surface area contributed by atoms with Gasteiger partial charge < -0.3 is 14.2 Å². The molecule has 2 aliphatic heterocycles. The van der Waals surface area contributed by atoms with Crippen molar-refractivity contribution in [1.82, 2.24) is 9.88 Å². The molecule has 0 N–H and O–H groups in total. The minimum absolute atomic E-state index is 0.288. The van der Waals surface area contributed by atoms with Gasteiger partial charge in [-0.15, -0.1) is 0 Å². The first-order valence-corrected chi connectivity index (χ1v) is 9.63. The third-order valence-corrected chi connectivity index (χ3v) is 6.10. The predicted octanol–water partition coefficient (Wildman–Crippen LogP) is 1.98. The molecule has 0 aliphatic carbocycles. The number of aromatic nitrogens is 1. The standard InChI is InChI=1S/C21H23N3O6/c1-28-15-9-12-6-8-23-18(14(12)10-16(15)29-2)19(24(26)27)17(20(23)21(25)30-3)13-5-4-7-22-11-13/h4-5,7,9-11,17-20H,6,8H2,1-3H3/t17-,18-,19-,20+/m1/s1. The van der Waals surface area contributed by atoms with E-state index in [1.807, 2.05) is 11.0 Å². The molecule has 9 nitrogen and oxygen atoms in total. The van der Waals surface area contributed by atoms with E-state index in [-0.39, 0.29) is 4.92 Å². The predicted molar refractivity (Wildman–Crippen MR) is 106 cm³/mol. The molecular weight excluding hydrogens is 390 g/mol. The summed E-state index contributed by atoms with van der Waals surface area (Å²) in [6.07, 6.45) is 3.82. The number of nitrogens with zero attached hydrogens (tertiary/aromatic N) is 3. The van der Waals surface area contributed by atoms with Crippen molar-refractivity contribution in [3.63, 3.8) is 0 Å². The van der Waals surface area contributed by atoms with Crippen LogP contribution in [0.2, 0.25) is 0 Å². The number of hydrogen-bond donors (Lipinski definition) is 0. The van der Waals surface area contributed by atoms with Gasteiger partial charge in [0.15, 0.2) is 11.5 Å². The van der Waals surface area contributed by atoms with Crippen LogP contribution in [-0.2, 0) is 16.0 Å². The first-order chi connectivity index (χ1) is 14.5. The lowest BCUT2D eigenvalue weighted by Crippen LogP contribution is -2.43. The SMILES string of the molecule is COC(=O)[C@@H]1[C@H](c2cccnc2)[C@@H]([N+](=O)[O-])[C@H]2c3cc(OC)c(OC)cc3CCN12. The molecular formula is C21H23N3O6. The van der Waals surface area contributed by atoms with Gasteiger partial charge >= 0.3 is 5.97 Å². The zero-order valence-electron chi connectivity index (χ0n) is 17.0. The van der Waals surface area contributed by atoms with E-state index >= 15 is 0 Å². The fraction of sp³-hybridized carbons (Fsp3) is 0.429. The monoisotopic (exact) mass is 413 g/mol. The van der Waals surface area contributed by atoms with Crippen molar-refractivity contribution in [2.45, 2.75) is 30.5 Å². The maximum atomic E-state index is 12.8. The third-order valence-electron chi connectivity index (χ3n) is 6.10. The van der Waals surface area contributed by atoms with Crippen LogP contribution in [0.15, 0.2) is 36.7 Å². The zero-order valence-corrected chi connectivity index (χ0v) is 17.0. The average molecular weight is 413 g/mol. The molecule has 4 rings (SSSR count). The molecule has 0 amide bonds. The Morgan fingerprint density at radius 1 is 1.23 bits per heavy atom. The van der Waals surface area contributed by atoms with Crippen molar-refractivity contribution in [2.75, 3.05) is 27.9 Å². The van der Waals surface area contributed by atoms with Crippen LogP contribution in [0.5, 0.6) is 11.5 Å². The fourth-order valence-corrected chi connectivity index (χ4v) is 4.88. The Morgan fingerprint density at radius 3 is 2.57 bits per heavy atom. The van der Waals surface area contributed by atoms with Gasteiger partial charge in [0.2, 0.25) is 6.04 Å². The van der Waals surface area contributed by atoms with Crippen LogP contribution in [0.4, 0.5) is 0 Å². The number of methoxy groups -OCH3 is 3. The lowest BCUT2D eigenvalue weighted by atomic mass is 9.84. The summed E-state index contributed by atoms with van der Waals surface area (Å²) in [7, 11) is 4.39. The second-order valence-electron chi connectivity index (χ2n) is 7.39. The first-order valence-electron chi connectivity index (χ1n) is 9.63. The molecule has 1 fully saturated rings. The van der Waals surface area contributed by atoms with Crippen molar-refractivity contribution in [3.8, 4) is 11.5 Å². The number of ether oxygens (including phenoxy) is 3. The van der Waals surface area contributed by atoms with Gasteiger partial charge in [-0.2, -0.15) is 0 Å². The number of carbonyl (C=O) groups excluding carboxylic acids is 1. The van der Waals surface area contributed by atoms with Crippen LogP contribution in [-0.4, -0.2) is 60.7 Å². The summed E-state index contributed by atoms with van der Waals surface area (Å²) in [5, 5.41) is 12.3. The van der Waals surface area contributed by atoms with Crippen LogP contribution < -0.4 is 9.47 Å². The lowest BCUT2D eigenvalue weighted by molar-refractivity contribution is -0.529. The Bertz CT molecular complexity index is 967. The highest BCUT2D eigenvalue weighted by molar-refractivity contribution is 5.78. The second-order valence-corrected chi connectivity index (χ2v) is 7.39. The van der Waals surface area contributed by atoms with Crippen LogP contribution in [0, 0.1) is 10.1 Å². The van der Waals surface area contributed by atoms with Crippen LogP contribution in [0.25, 0.3) is 0 Å². The van der Waals surface area contributed by atoms with Gasteiger partial charge in [0.25, 0.3) is 0 Å². The van der Waals surface area contributed by atoms with Crippen molar-refractivity contribution in [1.29, 1.82) is 0 Å². The van der Waals surface area contributed by atoms with Crippen LogP contribution in [0.1, 0.15) is 28.7 Å². The molecule has 4 atom stereocenters. The topological polar surface area (TPSA) is 104 Å². The van der Waals surface area contributed by atoms with Gasteiger partial charge in [-0.1, -0.05) is 6.07 Å². The van der Waals surface area contributed by atoms with Crippen molar-refractivity contribution in [2.24, 2.45) is 0 Å². The summed E-state index contributed by atoms with van der Waals surface area (Å²) in [4.78, 5) is 30.9. The van der Waals surface area contributed by atoms with Gasteiger partial charge in [0.1, 0.15) is 12.1 Å². The Kier molecular flexibility index (Phi) is 5.29. The molecule has 158 valence electrons. The summed E-state index contributed by atoms with van der Waals surface area (Å²) in [6.45, 7) is 0.494. The zero-order chi connectivity index (χ0) is 21.4. The van der Waals surface area contributed by atoms with E-state index in [1.54, 1.807) is 37.7 Å². The molecule has 0 unspecified atom stereocenters. The Morgan fingerprint density at radius 2 is 1.97 bits per heavy atom. The number of pyridine rings is 1. The van der Waals surface area contributed by atoms with E-state index in [2.05, 4.69) is 4.98 Å². The summed E-state index contributed by atoms with van der Waals surface area (Å²) in [6, 6.07) is 4.74. The quantitative estimate of drug-likeness (QED) is 0.416. The van der Waals surface area contributed by atoms with E-state index in [0.717, 1.165) is 11.1 Å². The first kappa shape index (κ1) is 20.1. The Labute approximate surface area is 173 Å². The van der Waals surface area contributed by atoms with Gasteiger partial charge in [-0.25, -0.2) is 0 Å². The summed E-state index contributed by atoms with van der Waals surface area (Å²) >= 11 is 0. The van der Waals surface area contributed by atoms with Crippen LogP contribution in [0.3, 0.4) is 0 Å². The van der Waals surface area contributed by atoms with Gasteiger partial charge in [-0.05, 0) is 41.3 Å². The number of nitro groups is 1. The molecule has 2 aliphatic rings. The molecule has 1 saturated heterocycles. The maximum absolute atomic E-state index is 12.8. The largest absolute Gasteiger partial charge is 0.493 e. The highest BCUT2D eigenvalue weighted by Gasteiger charge is 2.61. The summed E-state index contributed by atoms with van der Waals surface area (Å²) < 4.78 is 15.9. The number of rotatable bonds is 5. The number of hydrogen-bond acceptors (Lipinski definition) is 8. The van der Waals surface area contributed by atoms with Crippen molar-refractivity contribution < 1.29 is 23.9 Å². The third kappa shape index (κ3) is 3.06. The van der Waals surface area contributed by atoms with E-state index in [4.69, 9.17) is 14.2 Å². The van der Waals surface area contributed by atoms with Gasteiger partial charge in [-0.3, -0.25) is 24.8 Å². The van der Waals surface area contributed by atoms with E-state index < -0.39 is 30.0 Å². The maximum Gasteiger partial charge on any atom is 0.324 e. The summed E-state index contributed by atoms with van der Waals surface area (Å²) in [5.74, 6) is -0.0966. The summed E-state index contributed by atoms with van der Waals surface area (Å²) in [5.41, 5.74) is 2.38. The fourth-order valence-electron chi connectivity index (χ4n) is 4.88. The minimum atomic E-state index is -1.05. The molecule has 0 bridgehead atoms. The molecule has 2 aromatic rings. The Hall–Kier alpha value is -3.20. The smallest absolute Gasteiger partial charge is 0.324 e. The average Bonchev–Trinajstić information content (AvgIpc) is 3.14. The molecule has 0 radical (unpaired) electrons. The molecule has 0 saturated carbocycles. The molecule has 3 heterocycles. The highest BCUT2D eigenvalue weighted by atomic mass is 16.6. The minimum Gasteiger partial charge on any atom is -0.493 e. The number of esters is 1. The number of fused-ring (bicyclic) bond motifs is 3. The molecule has 1 aromatic carbocycles. The lowest BCUT2D eigenvalue weighted by Gasteiger charge is -2.34. The van der Waals surface area contributed by atoms with Crippen molar-refractivity contribution >= 4 is 5.97 Å². The second kappa shape index (κ2) is 7.91. The number of carbonyl (C=O) groups is 1. The van der Waals surface area contributed by atoms with Gasteiger partial charge in [0, 0.05) is 23.9 Å². The molecule has 30 heavy (non-hydrogen) atoms. The van der Waals surface area contributed by atoms with Crippen molar-refractivity contribution in [3.05, 3.63) is 63.5 Å². The number of benzene rings is 1. The Balaban J connectivity index is 1.91. The normalized spacial score (nSPS) is 25.2. The van der Waals surface area contributed by atoms with E-state index in [0.29, 0.717) is 30.0 Å². The highest BCUT2D eigenvalue weighted by Crippen LogP contribution is 2.51. The molecule has 9 heteroatoms. The van der Waals surface area contributed by atoms with Crippen LogP contribution >= 0.6 is 0 Å². The molecule has 0 spiro atoms. The van der Waals surface area contributed by atoms with E-state index in [9.17, 15) is 14.9 Å². The molecule has 1 aromatic heterocycles. The van der Waals surface area contributed by atoms with Gasteiger partial charge in [0.05, 0.1) is 27.2 Å². The van der Waals surface area contributed by atoms with E-state index in [1.165, 1.54) is 14.2 Å².